The van der Waals surface area contributed by atoms with Gasteiger partial charge in [0.05, 0.1) is 11.2 Å². The van der Waals surface area contributed by atoms with Gasteiger partial charge < -0.3 is 5.32 Å². The van der Waals surface area contributed by atoms with E-state index in [0.717, 1.165) is 11.3 Å². The first-order valence-electron chi connectivity index (χ1n) is 8.11. The average Bonchev–Trinajstić information content (AvgIpc) is 2.62. The second-order valence-electron chi connectivity index (χ2n) is 5.89. The van der Waals surface area contributed by atoms with Crippen molar-refractivity contribution in [1.82, 2.24) is 9.97 Å². The van der Waals surface area contributed by atoms with E-state index in [0.29, 0.717) is 10.8 Å². The highest BCUT2D eigenvalue weighted by atomic mass is 35.5. The van der Waals surface area contributed by atoms with E-state index in [9.17, 15) is 4.79 Å². The number of amides is 1. The predicted molar refractivity (Wildman–Crippen MR) is 107 cm³/mol. The van der Waals surface area contributed by atoms with Crippen molar-refractivity contribution >= 4 is 35.0 Å². The van der Waals surface area contributed by atoms with Gasteiger partial charge in [-0.15, -0.1) is 0 Å². The number of aromatic nitrogens is 2. The number of nitrogens with zero attached hydrogens (tertiary/aromatic N) is 2. The highest BCUT2D eigenvalue weighted by Crippen LogP contribution is 2.24. The molecule has 0 saturated heterocycles. The summed E-state index contributed by atoms with van der Waals surface area (Å²) in [4.78, 5) is 21.1. The van der Waals surface area contributed by atoms with Gasteiger partial charge in [0.25, 0.3) is 5.91 Å². The van der Waals surface area contributed by atoms with Crippen LogP contribution in [-0.2, 0) is 5.75 Å². The minimum Gasteiger partial charge on any atom is -0.321 e. The van der Waals surface area contributed by atoms with Crippen molar-refractivity contribution in [1.29, 1.82) is 0 Å². The molecule has 0 atom stereocenters. The molecule has 1 amide bonds. The van der Waals surface area contributed by atoms with E-state index >= 15 is 0 Å². The molecule has 6 heteroatoms. The topological polar surface area (TPSA) is 54.9 Å². The lowest BCUT2D eigenvalue weighted by atomic mass is 10.1. The number of nitrogens with one attached hydrogen (secondary N) is 1. The summed E-state index contributed by atoms with van der Waals surface area (Å²) in [6, 6.07) is 15.7. The summed E-state index contributed by atoms with van der Waals surface area (Å²) >= 11 is 7.61. The third-order valence-electron chi connectivity index (χ3n) is 3.83. The first kappa shape index (κ1) is 18.4. The van der Waals surface area contributed by atoms with Crippen LogP contribution in [0.25, 0.3) is 0 Å². The Balaban J connectivity index is 1.74. The number of carbonyl (C=O) groups excluding carboxylic acids is 1. The van der Waals surface area contributed by atoms with E-state index in [2.05, 4.69) is 34.3 Å². The van der Waals surface area contributed by atoms with E-state index in [1.807, 2.05) is 43.3 Å². The number of benzene rings is 2. The number of rotatable bonds is 5. The first-order valence-corrected chi connectivity index (χ1v) is 9.47. The van der Waals surface area contributed by atoms with Crippen LogP contribution in [0.15, 0.2) is 59.9 Å². The van der Waals surface area contributed by atoms with Crippen LogP contribution in [0.3, 0.4) is 0 Å². The summed E-state index contributed by atoms with van der Waals surface area (Å²) in [7, 11) is 0. The zero-order chi connectivity index (χ0) is 18.5. The van der Waals surface area contributed by atoms with Crippen molar-refractivity contribution in [2.24, 2.45) is 0 Å². The van der Waals surface area contributed by atoms with Crippen molar-refractivity contribution in [3.8, 4) is 0 Å². The fourth-order valence-corrected chi connectivity index (χ4v) is 3.48. The summed E-state index contributed by atoms with van der Waals surface area (Å²) in [6.07, 6.45) is 1.47. The highest BCUT2D eigenvalue weighted by Gasteiger charge is 2.15. The van der Waals surface area contributed by atoms with E-state index in [-0.39, 0.29) is 16.6 Å². The van der Waals surface area contributed by atoms with Gasteiger partial charge in [-0.05, 0) is 42.7 Å². The third kappa shape index (κ3) is 4.62. The van der Waals surface area contributed by atoms with Crippen LogP contribution >= 0.6 is 23.4 Å². The van der Waals surface area contributed by atoms with Crippen molar-refractivity contribution in [3.63, 3.8) is 0 Å². The van der Waals surface area contributed by atoms with E-state index in [1.54, 1.807) is 0 Å². The standard InChI is InChI=1S/C20H18ClN3OS/c1-13-6-5-9-16(10-13)23-19(25)18-17(21)11-22-20(24-18)26-12-15-8-4-3-7-14(15)2/h3-11H,12H2,1-2H3,(H,23,25). The number of hydrogen-bond donors (Lipinski definition) is 1. The molecule has 132 valence electrons. The first-order chi connectivity index (χ1) is 12.5. The molecule has 0 saturated carbocycles. The van der Waals surface area contributed by atoms with E-state index in [1.165, 1.54) is 29.1 Å². The number of carbonyl (C=O) groups is 1. The van der Waals surface area contributed by atoms with Crippen molar-refractivity contribution in [3.05, 3.63) is 82.1 Å². The molecule has 0 radical (unpaired) electrons. The lowest BCUT2D eigenvalue weighted by Gasteiger charge is -2.08. The van der Waals surface area contributed by atoms with Gasteiger partial charge in [0.15, 0.2) is 10.9 Å². The number of hydrogen-bond acceptors (Lipinski definition) is 4. The molecule has 1 heterocycles. The van der Waals surface area contributed by atoms with Crippen LogP contribution in [0.2, 0.25) is 5.02 Å². The molecule has 2 aromatic carbocycles. The second-order valence-corrected chi connectivity index (χ2v) is 7.24. The maximum absolute atomic E-state index is 12.5. The van der Waals surface area contributed by atoms with Gasteiger partial charge in [-0.2, -0.15) is 0 Å². The highest BCUT2D eigenvalue weighted by molar-refractivity contribution is 7.98. The molecule has 0 spiro atoms. The molecule has 26 heavy (non-hydrogen) atoms. The Morgan fingerprint density at radius 1 is 1.15 bits per heavy atom. The van der Waals surface area contributed by atoms with Crippen molar-refractivity contribution in [2.45, 2.75) is 24.8 Å². The van der Waals surface area contributed by atoms with Crippen molar-refractivity contribution in [2.75, 3.05) is 5.32 Å². The van der Waals surface area contributed by atoms with Crippen LogP contribution < -0.4 is 5.32 Å². The molecule has 0 aliphatic heterocycles. The Morgan fingerprint density at radius 2 is 1.96 bits per heavy atom. The smallest absolute Gasteiger partial charge is 0.275 e. The molecule has 3 aromatic rings. The lowest BCUT2D eigenvalue weighted by molar-refractivity contribution is 0.102. The van der Waals surface area contributed by atoms with Gasteiger partial charge >= 0.3 is 0 Å². The largest absolute Gasteiger partial charge is 0.321 e. The molecule has 0 aliphatic carbocycles. The van der Waals surface area contributed by atoms with Crippen molar-refractivity contribution < 1.29 is 4.79 Å². The van der Waals surface area contributed by atoms with Crippen LogP contribution in [0.5, 0.6) is 0 Å². The van der Waals surface area contributed by atoms with Gasteiger partial charge in [-0.25, -0.2) is 9.97 Å². The third-order valence-corrected chi connectivity index (χ3v) is 5.02. The molecule has 1 aromatic heterocycles. The molecule has 3 rings (SSSR count). The molecular formula is C20H18ClN3OS. The molecular weight excluding hydrogens is 366 g/mol. The minimum atomic E-state index is -0.347. The Hall–Kier alpha value is -2.37. The quantitative estimate of drug-likeness (QED) is 0.480. The fraction of sp³-hybridized carbons (Fsp3) is 0.150. The number of aryl methyl sites for hydroxylation is 2. The zero-order valence-electron chi connectivity index (χ0n) is 14.5. The summed E-state index contributed by atoms with van der Waals surface area (Å²) < 4.78 is 0. The predicted octanol–water partition coefficient (Wildman–Crippen LogP) is 5.29. The Kier molecular flexibility index (Phi) is 5.91. The Labute approximate surface area is 162 Å². The summed E-state index contributed by atoms with van der Waals surface area (Å²) in [5.74, 6) is 0.383. The molecule has 0 fully saturated rings. The maximum Gasteiger partial charge on any atom is 0.275 e. The minimum absolute atomic E-state index is 0.176. The van der Waals surface area contributed by atoms with E-state index in [4.69, 9.17) is 11.6 Å². The Bertz CT molecular complexity index is 946. The van der Waals surface area contributed by atoms with Gasteiger partial charge in [0, 0.05) is 11.4 Å². The average molecular weight is 384 g/mol. The van der Waals surface area contributed by atoms with Gasteiger partial charge in [-0.1, -0.05) is 59.8 Å². The fourth-order valence-electron chi connectivity index (χ4n) is 2.41. The zero-order valence-corrected chi connectivity index (χ0v) is 16.1. The normalized spacial score (nSPS) is 10.6. The van der Waals surface area contributed by atoms with Gasteiger partial charge in [0.1, 0.15) is 0 Å². The number of thioether (sulfide) groups is 1. The second kappa shape index (κ2) is 8.34. The summed E-state index contributed by atoms with van der Waals surface area (Å²) in [6.45, 7) is 4.03. The molecule has 4 nitrogen and oxygen atoms in total. The molecule has 0 bridgehead atoms. The number of anilines is 1. The SMILES string of the molecule is Cc1cccc(NC(=O)c2nc(SCc3ccccc3C)ncc2Cl)c1. The molecule has 0 unspecified atom stereocenters. The number of halogens is 1. The lowest BCUT2D eigenvalue weighted by Crippen LogP contribution is -2.15. The van der Waals surface area contributed by atoms with Gasteiger partial charge in [0.2, 0.25) is 0 Å². The molecule has 1 N–H and O–H groups in total. The van der Waals surface area contributed by atoms with Crippen LogP contribution in [0.1, 0.15) is 27.2 Å². The summed E-state index contributed by atoms with van der Waals surface area (Å²) in [5, 5.41) is 3.58. The Morgan fingerprint density at radius 3 is 2.73 bits per heavy atom. The van der Waals surface area contributed by atoms with Crippen LogP contribution in [-0.4, -0.2) is 15.9 Å². The summed E-state index contributed by atoms with van der Waals surface area (Å²) in [5.41, 5.74) is 4.37. The molecule has 0 aliphatic rings. The maximum atomic E-state index is 12.5. The van der Waals surface area contributed by atoms with Crippen LogP contribution in [0.4, 0.5) is 5.69 Å². The van der Waals surface area contributed by atoms with Gasteiger partial charge in [-0.3, -0.25) is 4.79 Å². The van der Waals surface area contributed by atoms with Crippen LogP contribution in [0, 0.1) is 13.8 Å². The monoisotopic (exact) mass is 383 g/mol. The van der Waals surface area contributed by atoms with E-state index < -0.39 is 0 Å².